The third-order valence-corrected chi connectivity index (χ3v) is 17.5. The van der Waals surface area contributed by atoms with Gasteiger partial charge in [0.1, 0.15) is 0 Å². The van der Waals surface area contributed by atoms with Crippen molar-refractivity contribution in [3.8, 4) is 27.9 Å². The van der Waals surface area contributed by atoms with Gasteiger partial charge in [-0.05, 0) is 123 Å². The largest absolute Gasteiger partial charge is 0.310 e. The Labute approximate surface area is 467 Å². The van der Waals surface area contributed by atoms with Crippen LogP contribution in [-0.2, 0) is 0 Å². The van der Waals surface area contributed by atoms with Gasteiger partial charge in [-0.1, -0.05) is 218 Å². The second-order valence-electron chi connectivity index (χ2n) is 20.8. The molecule has 0 fully saturated rings. The Morgan fingerprint density at radius 3 is 1.55 bits per heavy atom. The highest BCUT2D eigenvalue weighted by molar-refractivity contribution is 7.28. The van der Waals surface area contributed by atoms with Crippen molar-refractivity contribution in [2.24, 2.45) is 0 Å². The predicted molar refractivity (Wildman–Crippen MR) is 344 cm³/mol. The van der Waals surface area contributed by atoms with Gasteiger partial charge in [0.2, 0.25) is 0 Å². The summed E-state index contributed by atoms with van der Waals surface area (Å²) in [5.74, 6) is 0. The van der Waals surface area contributed by atoms with Crippen molar-refractivity contribution >= 4 is 131 Å². The van der Waals surface area contributed by atoms with Gasteiger partial charge in [0.15, 0.2) is 0 Å². The van der Waals surface area contributed by atoms with Gasteiger partial charge < -0.3 is 14.4 Å². The van der Waals surface area contributed by atoms with Crippen molar-refractivity contribution in [1.82, 2.24) is 4.57 Å². The summed E-state index contributed by atoms with van der Waals surface area (Å²) < 4.78 is 5.10. The maximum absolute atomic E-state index is 2.52. The molecule has 14 aromatic carbocycles. The molecular weight excluding hydrogens is 987 g/mol. The van der Waals surface area contributed by atoms with Crippen LogP contribution in [0.15, 0.2) is 297 Å². The smallest absolute Gasteiger partial charge is 0.0626 e. The number of rotatable bonds is 9. The van der Waals surface area contributed by atoms with Gasteiger partial charge in [0.25, 0.3) is 0 Å². The van der Waals surface area contributed by atoms with Crippen LogP contribution in [0.25, 0.3) is 113 Å². The molecular formula is C76H49N3S. The van der Waals surface area contributed by atoms with Gasteiger partial charge >= 0.3 is 0 Å². The van der Waals surface area contributed by atoms with Crippen LogP contribution in [0.2, 0.25) is 0 Å². The lowest BCUT2D eigenvalue weighted by Gasteiger charge is -2.28. The number of hydrogen-bond acceptors (Lipinski definition) is 3. The minimum Gasteiger partial charge on any atom is -0.310 e. The van der Waals surface area contributed by atoms with Crippen LogP contribution in [-0.4, -0.2) is 4.57 Å². The van der Waals surface area contributed by atoms with E-state index in [1.807, 2.05) is 11.3 Å². The predicted octanol–water partition coefficient (Wildman–Crippen LogP) is 22.0. The molecule has 3 nitrogen and oxygen atoms in total. The first-order valence-corrected chi connectivity index (χ1v) is 28.2. The topological polar surface area (TPSA) is 11.4 Å². The number of nitrogens with zero attached hydrogens (tertiary/aromatic N) is 3. The molecule has 0 N–H and O–H groups in total. The number of anilines is 6. The molecule has 0 saturated heterocycles. The monoisotopic (exact) mass is 1040 g/mol. The average molecular weight is 1040 g/mol. The summed E-state index contributed by atoms with van der Waals surface area (Å²) in [5.41, 5.74) is 14.9. The summed E-state index contributed by atoms with van der Waals surface area (Å²) in [5, 5.41) is 14.8. The van der Waals surface area contributed by atoms with Crippen LogP contribution in [0.1, 0.15) is 0 Å². The van der Waals surface area contributed by atoms with E-state index in [9.17, 15) is 0 Å². The Hall–Kier alpha value is -10.3. The van der Waals surface area contributed by atoms with Crippen LogP contribution in [0.4, 0.5) is 34.1 Å². The molecule has 0 spiro atoms. The molecule has 0 bridgehead atoms. The number of para-hydroxylation sites is 1. The van der Waals surface area contributed by atoms with Crippen molar-refractivity contribution in [1.29, 1.82) is 0 Å². The molecule has 374 valence electrons. The summed E-state index contributed by atoms with van der Waals surface area (Å²) in [6.45, 7) is 0. The average Bonchev–Trinajstić information content (AvgIpc) is 4.22. The van der Waals surface area contributed by atoms with Crippen molar-refractivity contribution in [3.05, 3.63) is 297 Å². The first-order valence-electron chi connectivity index (χ1n) is 27.4. The molecule has 80 heavy (non-hydrogen) atoms. The first-order chi connectivity index (χ1) is 39.7. The van der Waals surface area contributed by atoms with Gasteiger partial charge in [-0.2, -0.15) is 0 Å². The van der Waals surface area contributed by atoms with Crippen LogP contribution in [0.5, 0.6) is 0 Å². The highest BCUT2D eigenvalue weighted by Crippen LogP contribution is 2.52. The van der Waals surface area contributed by atoms with E-state index >= 15 is 0 Å². The number of fused-ring (bicyclic) bond motifs is 14. The highest BCUT2D eigenvalue weighted by atomic mass is 32.1. The van der Waals surface area contributed by atoms with E-state index in [2.05, 4.69) is 312 Å². The van der Waals surface area contributed by atoms with E-state index in [1.165, 1.54) is 107 Å². The molecule has 0 amide bonds. The van der Waals surface area contributed by atoms with Crippen molar-refractivity contribution in [3.63, 3.8) is 0 Å². The van der Waals surface area contributed by atoms with Crippen LogP contribution < -0.4 is 9.80 Å². The second-order valence-corrected chi connectivity index (χ2v) is 21.8. The van der Waals surface area contributed by atoms with Gasteiger partial charge in [0.05, 0.1) is 22.4 Å². The number of thiophene rings is 1. The lowest BCUT2D eigenvalue weighted by molar-refractivity contribution is 1.18. The standard InChI is InChI=1S/C76H49N3S/c1-3-18-50(19-4-1)53-36-40-58(41-37-53)78(61-28-15-27-57(48-61)51-20-5-2-6-21-51)70-35-17-26-55-39-47-67-73-72-66-32-13-14-33-69(66)79(74(72)64-30-11-12-31-65(64)75(73)80-76(67)71(55)70)60-45-43-59(44-46-60)77(62-42-38-52-22-7-8-24-56(52)49-62)68-34-16-25-54-23-9-10-29-63(54)68/h1-49H. The van der Waals surface area contributed by atoms with Gasteiger partial charge in [-0.3, -0.25) is 0 Å². The molecule has 0 unspecified atom stereocenters. The molecule has 0 saturated carbocycles. The van der Waals surface area contributed by atoms with E-state index in [0.29, 0.717) is 0 Å². The summed E-state index contributed by atoms with van der Waals surface area (Å²) >= 11 is 1.93. The zero-order chi connectivity index (χ0) is 52.7. The second kappa shape index (κ2) is 18.7. The fraction of sp³-hybridized carbons (Fsp3) is 0. The van der Waals surface area contributed by atoms with Gasteiger partial charge in [-0.25, -0.2) is 0 Å². The SMILES string of the molecule is c1ccc(-c2ccc(N(c3cccc(-c4ccccc4)c3)c3cccc4ccc5c(sc6c7ccccc7c7c(c8ccccc8n7-c7ccc(N(c8ccc9ccccc9c8)c8cccc9ccccc89)cc7)c56)c34)cc2)cc1. The van der Waals surface area contributed by atoms with Crippen molar-refractivity contribution in [2.45, 2.75) is 0 Å². The fourth-order valence-electron chi connectivity index (χ4n) is 12.6. The fourth-order valence-corrected chi connectivity index (χ4v) is 14.1. The minimum absolute atomic E-state index is 1.09. The maximum Gasteiger partial charge on any atom is 0.0626 e. The van der Waals surface area contributed by atoms with E-state index in [1.54, 1.807) is 0 Å². The van der Waals surface area contributed by atoms with E-state index < -0.39 is 0 Å². The van der Waals surface area contributed by atoms with Crippen LogP contribution in [0, 0.1) is 0 Å². The molecule has 4 heteroatoms. The van der Waals surface area contributed by atoms with Gasteiger partial charge in [0, 0.05) is 80.9 Å². The van der Waals surface area contributed by atoms with E-state index in [4.69, 9.17) is 0 Å². The quantitative estimate of drug-likeness (QED) is 0.143. The maximum atomic E-state index is 2.52. The van der Waals surface area contributed by atoms with E-state index in [0.717, 1.165) is 39.8 Å². The third-order valence-electron chi connectivity index (χ3n) is 16.3. The van der Waals surface area contributed by atoms with Gasteiger partial charge in [-0.15, -0.1) is 11.3 Å². The third kappa shape index (κ3) is 7.41. The van der Waals surface area contributed by atoms with E-state index in [-0.39, 0.29) is 0 Å². The number of benzene rings is 14. The molecule has 16 aromatic rings. The number of hydrogen-bond donors (Lipinski definition) is 0. The summed E-state index contributed by atoms with van der Waals surface area (Å²) in [4.78, 5) is 4.89. The minimum atomic E-state index is 1.09. The molecule has 0 radical (unpaired) electrons. The molecule has 2 heterocycles. The Bertz CT molecular complexity index is 5050. The van der Waals surface area contributed by atoms with Crippen LogP contribution >= 0.6 is 11.3 Å². The lowest BCUT2D eigenvalue weighted by Crippen LogP contribution is -2.10. The number of aromatic nitrogens is 1. The van der Waals surface area contributed by atoms with Crippen LogP contribution in [0.3, 0.4) is 0 Å². The summed E-state index contributed by atoms with van der Waals surface area (Å²) in [6.07, 6.45) is 0. The van der Waals surface area contributed by atoms with Crippen molar-refractivity contribution in [2.75, 3.05) is 9.80 Å². The lowest BCUT2D eigenvalue weighted by atomic mass is 9.97. The molecule has 0 aliphatic heterocycles. The highest BCUT2D eigenvalue weighted by Gasteiger charge is 2.25. The zero-order valence-corrected chi connectivity index (χ0v) is 44.4. The molecule has 0 aliphatic carbocycles. The zero-order valence-electron chi connectivity index (χ0n) is 43.5. The Morgan fingerprint density at radius 2 is 0.775 bits per heavy atom. The Balaban J connectivity index is 0.916. The molecule has 0 aliphatic rings. The molecule has 16 rings (SSSR count). The van der Waals surface area contributed by atoms with Crippen molar-refractivity contribution < 1.29 is 0 Å². The Morgan fingerprint density at radius 1 is 0.263 bits per heavy atom. The molecule has 0 atom stereocenters. The summed E-state index contributed by atoms with van der Waals surface area (Å²) in [7, 11) is 0. The normalized spacial score (nSPS) is 11.8. The Kier molecular flexibility index (Phi) is 10.7. The molecule has 2 aromatic heterocycles. The summed E-state index contributed by atoms with van der Waals surface area (Å²) in [6, 6.07) is 109. The first kappa shape index (κ1) is 45.9.